The first kappa shape index (κ1) is 48.9. The number of anilines is 5. The monoisotopic (exact) mass is 898 g/mol. The second-order valence-electron chi connectivity index (χ2n) is 15.0. The maximum Gasteiger partial charge on any atom is 0.279 e. The van der Waals surface area contributed by atoms with Crippen molar-refractivity contribution in [1.29, 1.82) is 0 Å². The summed E-state index contributed by atoms with van der Waals surface area (Å²) in [7, 11) is 7.27. The van der Waals surface area contributed by atoms with Crippen molar-refractivity contribution >= 4 is 65.1 Å². The van der Waals surface area contributed by atoms with Gasteiger partial charge >= 0.3 is 0 Å². The fourth-order valence-electron chi connectivity index (χ4n) is 6.78. The van der Waals surface area contributed by atoms with Crippen molar-refractivity contribution in [2.75, 3.05) is 81.6 Å². The normalized spacial score (nSPS) is 16.2. The van der Waals surface area contributed by atoms with Crippen molar-refractivity contribution < 1.29 is 37.8 Å². The zero-order valence-electron chi connectivity index (χ0n) is 37.0. The molecule has 5 N–H and O–H groups in total. The minimum Gasteiger partial charge on any atom is -0.385 e. The molecule has 2 aliphatic rings. The Morgan fingerprint density at radius 2 is 1.74 bits per heavy atom. The van der Waals surface area contributed by atoms with E-state index < -0.39 is 18.1 Å². The number of piperidine rings is 1. The van der Waals surface area contributed by atoms with Crippen LogP contribution in [0, 0.1) is 6.92 Å². The van der Waals surface area contributed by atoms with E-state index in [1.54, 1.807) is 50.8 Å². The molecule has 1 aliphatic carbocycles. The summed E-state index contributed by atoms with van der Waals surface area (Å²) in [6, 6.07) is 13.9. The molecule has 0 radical (unpaired) electrons. The van der Waals surface area contributed by atoms with Crippen LogP contribution in [-0.4, -0.2) is 134 Å². The average Bonchev–Trinajstić information content (AvgIpc) is 3.87. The van der Waals surface area contributed by atoms with E-state index in [1.165, 1.54) is 20.2 Å². The summed E-state index contributed by atoms with van der Waals surface area (Å²) >= 11 is 0. The van der Waals surface area contributed by atoms with Crippen LogP contribution in [0.3, 0.4) is 0 Å². The summed E-state index contributed by atoms with van der Waals surface area (Å²) < 4.78 is 25.6. The second-order valence-corrected chi connectivity index (χ2v) is 15.0. The summed E-state index contributed by atoms with van der Waals surface area (Å²) in [5.74, 6) is 0.135. The van der Waals surface area contributed by atoms with Gasteiger partial charge in [-0.3, -0.25) is 38.7 Å². The number of hydrogen-bond acceptors (Lipinski definition) is 15. The lowest BCUT2D eigenvalue weighted by molar-refractivity contribution is -0.134. The highest BCUT2D eigenvalue weighted by Gasteiger charge is 2.35. The number of imide groups is 1. The van der Waals surface area contributed by atoms with Crippen LogP contribution in [0.15, 0.2) is 71.9 Å². The molecule has 0 bridgehead atoms. The van der Waals surface area contributed by atoms with Crippen LogP contribution in [0.25, 0.3) is 11.5 Å². The molecule has 3 atom stereocenters. The number of aldehydes is 1. The summed E-state index contributed by atoms with van der Waals surface area (Å²) in [6.45, 7) is 4.14. The number of para-hydroxylation sites is 1. The number of amides is 4. The molecule has 7 rings (SSSR count). The van der Waals surface area contributed by atoms with Crippen molar-refractivity contribution in [2.24, 2.45) is 0 Å². The SMILES string of the molecule is CN(C)c1c(CCOCCOCCNC=O)cccc1N(C=O)C1CCC(=O)NC1=O.CN[C@@H]1C[C@@H]1F.CNc1cc(Nc2cccn(-c3cc(C)ccn3)c2=O)nn2c(C=O)cnc12. The van der Waals surface area contributed by atoms with Crippen LogP contribution >= 0.6 is 0 Å². The third-order valence-electron chi connectivity index (χ3n) is 10.2. The molecule has 346 valence electrons. The smallest absolute Gasteiger partial charge is 0.279 e. The number of aromatic nitrogens is 5. The highest BCUT2D eigenvalue weighted by atomic mass is 19.1. The molecule has 5 aromatic rings. The maximum absolute atomic E-state index is 12.9. The van der Waals surface area contributed by atoms with E-state index in [0.717, 1.165) is 23.2 Å². The van der Waals surface area contributed by atoms with Gasteiger partial charge in [-0.15, -0.1) is 5.10 Å². The standard InChI is InChI=1S/C21H30N4O6.C19H17N7O2.C4H8FN/c1-24(2)20-16(8-10-30-12-13-31-11-9-22-14-26)4-3-5-17(20)25(15-27)18-6-7-19(28)23-21(18)29;1-12-5-6-21-17(8-12)25-7-3-4-14(19(25)28)23-16-9-15(20-2)18-22-10-13(11-27)26(18)24-16;1-6-4-2-3(4)5/h3-5,14-15,18H,6-13H2,1-2H3,(H,22,26)(H,23,28,29);3-11,20H,1-2H3,(H,23,24);3-4,6H,2H2,1H3/t;;3-,4+/m..0/s1. The fraction of sp³-hybridized carbons (Fsp3) is 0.386. The van der Waals surface area contributed by atoms with Gasteiger partial charge in [0.1, 0.15) is 29.4 Å². The summed E-state index contributed by atoms with van der Waals surface area (Å²) in [5.41, 5.74) is 4.95. The van der Waals surface area contributed by atoms with Gasteiger partial charge in [0.25, 0.3) is 5.56 Å². The Balaban J connectivity index is 0.000000216. The number of carbonyl (C=O) groups is 5. The highest BCUT2D eigenvalue weighted by molar-refractivity contribution is 6.04. The summed E-state index contributed by atoms with van der Waals surface area (Å²) in [6.07, 6.45) is 7.96. The molecule has 21 heteroatoms. The van der Waals surface area contributed by atoms with Gasteiger partial charge < -0.3 is 40.5 Å². The predicted octanol–water partition coefficient (Wildman–Crippen LogP) is 2.34. The van der Waals surface area contributed by atoms with Gasteiger partial charge in [0.2, 0.25) is 24.6 Å². The van der Waals surface area contributed by atoms with Crippen molar-refractivity contribution in [3.63, 3.8) is 0 Å². The fourth-order valence-corrected chi connectivity index (χ4v) is 6.78. The predicted molar refractivity (Wildman–Crippen MR) is 243 cm³/mol. The van der Waals surface area contributed by atoms with Gasteiger partial charge in [0.15, 0.2) is 17.8 Å². The van der Waals surface area contributed by atoms with E-state index in [0.29, 0.717) is 98.5 Å². The van der Waals surface area contributed by atoms with Crippen molar-refractivity contribution in [2.45, 2.75) is 50.9 Å². The van der Waals surface area contributed by atoms with Gasteiger partial charge in [-0.1, -0.05) is 12.1 Å². The molecule has 4 aromatic heterocycles. The molecule has 1 unspecified atom stereocenters. The number of hydrogen-bond donors (Lipinski definition) is 5. The quantitative estimate of drug-likeness (QED) is 0.0429. The molecule has 1 aliphatic heterocycles. The molecular weight excluding hydrogens is 844 g/mol. The molecular formula is C44H55FN12O8. The molecule has 20 nitrogen and oxygen atoms in total. The first-order valence-electron chi connectivity index (χ1n) is 20.9. The lowest BCUT2D eigenvalue weighted by Gasteiger charge is -2.33. The number of fused-ring (bicyclic) bond motifs is 1. The Kier molecular flexibility index (Phi) is 18.1. The Morgan fingerprint density at radius 1 is 0.969 bits per heavy atom. The number of rotatable bonds is 20. The Hall–Kier alpha value is -7.10. The lowest BCUT2D eigenvalue weighted by Crippen LogP contribution is -2.52. The number of imidazole rings is 1. The van der Waals surface area contributed by atoms with E-state index in [2.05, 4.69) is 41.7 Å². The molecule has 1 saturated heterocycles. The van der Waals surface area contributed by atoms with E-state index in [9.17, 15) is 33.2 Å². The zero-order chi connectivity index (χ0) is 46.9. The van der Waals surface area contributed by atoms with Gasteiger partial charge in [-0.2, -0.15) is 0 Å². The topological polar surface area (TPSA) is 236 Å². The molecule has 1 saturated carbocycles. The molecule has 4 amide bonds. The maximum atomic E-state index is 12.9. The molecule has 1 aromatic carbocycles. The number of carbonyl (C=O) groups excluding carboxylic acids is 5. The second kappa shape index (κ2) is 24.1. The van der Waals surface area contributed by atoms with E-state index in [-0.39, 0.29) is 30.3 Å². The van der Waals surface area contributed by atoms with Crippen LogP contribution in [0.2, 0.25) is 0 Å². The van der Waals surface area contributed by atoms with Gasteiger partial charge in [-0.25, -0.2) is 18.9 Å². The molecule has 2 fully saturated rings. The summed E-state index contributed by atoms with van der Waals surface area (Å²) in [4.78, 5) is 81.7. The van der Waals surface area contributed by atoms with Crippen molar-refractivity contribution in [3.05, 3.63) is 94.3 Å². The van der Waals surface area contributed by atoms with Crippen molar-refractivity contribution in [3.8, 4) is 5.82 Å². The third kappa shape index (κ3) is 13.2. The lowest BCUT2D eigenvalue weighted by atomic mass is 10.0. The van der Waals surface area contributed by atoms with Gasteiger partial charge in [-0.05, 0) is 74.7 Å². The molecule has 5 heterocycles. The Morgan fingerprint density at radius 3 is 2.37 bits per heavy atom. The van der Waals surface area contributed by atoms with Gasteiger partial charge in [0, 0.05) is 58.6 Å². The van der Waals surface area contributed by atoms with Crippen LogP contribution in [0.1, 0.15) is 40.9 Å². The molecule has 0 spiro atoms. The van der Waals surface area contributed by atoms with E-state index in [4.69, 9.17) is 9.47 Å². The number of nitrogens with one attached hydrogen (secondary N) is 5. The van der Waals surface area contributed by atoms with E-state index in [1.807, 2.05) is 50.2 Å². The van der Waals surface area contributed by atoms with Crippen molar-refractivity contribution in [1.82, 2.24) is 40.1 Å². The highest BCUT2D eigenvalue weighted by Crippen LogP contribution is 2.34. The average molecular weight is 899 g/mol. The van der Waals surface area contributed by atoms with Crippen LogP contribution in [-0.2, 0) is 35.1 Å². The van der Waals surface area contributed by atoms with Gasteiger partial charge in [0.05, 0.1) is 49.7 Å². The Bertz CT molecular complexity index is 2480. The number of nitrogens with zero attached hydrogens (tertiary/aromatic N) is 7. The summed E-state index contributed by atoms with van der Waals surface area (Å²) in [5, 5.41) is 18.1. The number of aryl methyl sites for hydroxylation is 1. The minimum absolute atomic E-state index is 0.185. The number of alkyl halides is 1. The van der Waals surface area contributed by atoms with E-state index >= 15 is 0 Å². The van der Waals surface area contributed by atoms with Crippen LogP contribution in [0.4, 0.5) is 33.0 Å². The first-order valence-corrected chi connectivity index (χ1v) is 20.9. The number of halogens is 1. The largest absolute Gasteiger partial charge is 0.385 e. The minimum atomic E-state index is -0.730. The number of benzene rings is 1. The third-order valence-corrected chi connectivity index (χ3v) is 10.2. The number of pyridine rings is 2. The van der Waals surface area contributed by atoms with Crippen LogP contribution < -0.4 is 41.9 Å². The van der Waals surface area contributed by atoms with Crippen LogP contribution in [0.5, 0.6) is 0 Å². The zero-order valence-corrected chi connectivity index (χ0v) is 37.0. The molecule has 65 heavy (non-hydrogen) atoms. The number of ether oxygens (including phenoxy) is 2. The first-order chi connectivity index (χ1) is 31.4. The Labute approximate surface area is 374 Å².